The second-order valence-corrected chi connectivity index (χ2v) is 18.1. The first kappa shape index (κ1) is 57.8. The number of rotatable bonds is 51. The quantitative estimate of drug-likeness (QED) is 0.0595. The molecule has 0 aromatic carbocycles. The Bertz CT molecular complexity index is 677. The number of unbranched alkanes of at least 4 members (excludes halogenated alkanes) is 38. The monoisotopic (exact) mass is 827 g/mol. The summed E-state index contributed by atoms with van der Waals surface area (Å²) < 4.78 is 22.7. The Morgan fingerprint density at radius 2 is 0.448 bits per heavy atom. The normalized spacial score (nSPS) is 14.0. The van der Waals surface area contributed by atoms with Crippen molar-refractivity contribution in [3.63, 3.8) is 0 Å². The first-order valence-electron chi connectivity index (χ1n) is 26.2. The number of hydrogen-bond acceptors (Lipinski definition) is 6. The Hall–Kier alpha value is -0.240. The Labute approximate surface area is 363 Å². The van der Waals surface area contributed by atoms with Gasteiger partial charge in [-0.15, -0.1) is 0 Å². The van der Waals surface area contributed by atoms with E-state index in [-0.39, 0.29) is 13.2 Å². The summed E-state index contributed by atoms with van der Waals surface area (Å²) in [5.74, 6) is 0. The minimum absolute atomic E-state index is 0.255. The summed E-state index contributed by atoms with van der Waals surface area (Å²) in [4.78, 5) is 0. The highest BCUT2D eigenvalue weighted by Gasteiger charge is 2.33. The third-order valence-corrected chi connectivity index (χ3v) is 12.6. The van der Waals surface area contributed by atoms with Crippen molar-refractivity contribution >= 4 is 0 Å². The molecular weight excluding hydrogens is 721 g/mol. The Morgan fingerprint density at radius 3 is 0.621 bits per heavy atom. The summed E-state index contributed by atoms with van der Waals surface area (Å²) in [7, 11) is 3.11. The topological polar surface area (TPSA) is 77.4 Å². The van der Waals surface area contributed by atoms with Crippen LogP contribution in [0, 0.1) is 0 Å². The van der Waals surface area contributed by atoms with E-state index < -0.39 is 24.4 Å². The van der Waals surface area contributed by atoms with Crippen LogP contribution in [0.1, 0.15) is 271 Å². The van der Waals surface area contributed by atoms with Gasteiger partial charge in [0.1, 0.15) is 24.4 Å². The predicted molar refractivity (Wildman–Crippen MR) is 251 cm³/mol. The van der Waals surface area contributed by atoms with Gasteiger partial charge in [0.25, 0.3) is 0 Å². The van der Waals surface area contributed by atoms with Crippen molar-refractivity contribution < 1.29 is 29.2 Å². The maximum atomic E-state index is 10.8. The van der Waals surface area contributed by atoms with E-state index in [0.29, 0.717) is 13.2 Å². The molecule has 58 heavy (non-hydrogen) atoms. The number of aliphatic hydroxyl groups is 2. The van der Waals surface area contributed by atoms with Gasteiger partial charge in [-0.25, -0.2) is 0 Å². The molecule has 6 heteroatoms. The Morgan fingerprint density at radius 1 is 0.276 bits per heavy atom. The fourth-order valence-electron chi connectivity index (χ4n) is 8.37. The molecule has 350 valence electrons. The lowest BCUT2D eigenvalue weighted by Gasteiger charge is -2.30. The molecule has 0 saturated carbocycles. The second kappa shape index (κ2) is 49.4. The minimum atomic E-state index is -1.10. The molecule has 0 bridgehead atoms. The number of aliphatic hydroxyl groups excluding tert-OH is 2. The van der Waals surface area contributed by atoms with Crippen molar-refractivity contribution in [2.75, 3.05) is 40.6 Å². The first-order chi connectivity index (χ1) is 28.6. The molecule has 0 aliphatic heterocycles. The Balaban J connectivity index is 3.61. The standard InChI is InChI=1S/C52H106O6/c1-5-7-9-11-13-15-17-19-21-23-25-27-29-31-33-35-37-39-41-43-45-57-47-49(55-3)51(53)52(54)50(56-4)48-58-46-44-42-40-38-36-34-32-30-28-26-24-22-20-18-16-14-12-10-8-6-2/h49-54H,5-48H2,1-4H3/t49-,50-,51-,52-/m1/s1. The summed E-state index contributed by atoms with van der Waals surface area (Å²) in [6.45, 7) is 6.40. The van der Waals surface area contributed by atoms with E-state index >= 15 is 0 Å². The zero-order valence-corrected chi connectivity index (χ0v) is 39.9. The Kier molecular flexibility index (Phi) is 49.2. The number of ether oxygens (including phenoxy) is 4. The van der Waals surface area contributed by atoms with E-state index in [1.165, 1.54) is 244 Å². The lowest BCUT2D eigenvalue weighted by molar-refractivity contribution is -0.150. The third kappa shape index (κ3) is 41.1. The highest BCUT2D eigenvalue weighted by Crippen LogP contribution is 2.18. The number of methoxy groups -OCH3 is 2. The summed E-state index contributed by atoms with van der Waals surface area (Å²) in [6.07, 6.45) is 51.5. The zero-order valence-electron chi connectivity index (χ0n) is 39.9. The van der Waals surface area contributed by atoms with Gasteiger partial charge in [0.15, 0.2) is 0 Å². The van der Waals surface area contributed by atoms with Gasteiger partial charge in [0.05, 0.1) is 13.2 Å². The molecule has 0 fully saturated rings. The van der Waals surface area contributed by atoms with Gasteiger partial charge >= 0.3 is 0 Å². The van der Waals surface area contributed by atoms with Crippen LogP contribution in [0.25, 0.3) is 0 Å². The molecule has 0 aliphatic carbocycles. The van der Waals surface area contributed by atoms with E-state index in [9.17, 15) is 10.2 Å². The maximum absolute atomic E-state index is 10.8. The second-order valence-electron chi connectivity index (χ2n) is 18.1. The van der Waals surface area contributed by atoms with Crippen LogP contribution in [0.5, 0.6) is 0 Å². The molecule has 0 aliphatic rings. The minimum Gasteiger partial charge on any atom is -0.388 e. The van der Waals surface area contributed by atoms with Crippen molar-refractivity contribution in [1.82, 2.24) is 0 Å². The molecular formula is C52H106O6. The van der Waals surface area contributed by atoms with Gasteiger partial charge in [-0.05, 0) is 12.8 Å². The van der Waals surface area contributed by atoms with Gasteiger partial charge in [-0.3, -0.25) is 0 Å². The molecule has 0 rings (SSSR count). The van der Waals surface area contributed by atoms with Crippen molar-refractivity contribution in [1.29, 1.82) is 0 Å². The van der Waals surface area contributed by atoms with Crippen LogP contribution in [0.4, 0.5) is 0 Å². The zero-order chi connectivity index (χ0) is 42.3. The van der Waals surface area contributed by atoms with Crippen LogP contribution in [0.15, 0.2) is 0 Å². The molecule has 0 unspecified atom stereocenters. The summed E-state index contributed by atoms with van der Waals surface area (Å²) in [6, 6.07) is 0. The van der Waals surface area contributed by atoms with Gasteiger partial charge < -0.3 is 29.2 Å². The van der Waals surface area contributed by atoms with Gasteiger partial charge in [0.2, 0.25) is 0 Å². The molecule has 0 spiro atoms. The van der Waals surface area contributed by atoms with Crippen LogP contribution in [-0.2, 0) is 18.9 Å². The molecule has 6 nitrogen and oxygen atoms in total. The average Bonchev–Trinajstić information content (AvgIpc) is 3.24. The van der Waals surface area contributed by atoms with Crippen LogP contribution in [0.3, 0.4) is 0 Å². The van der Waals surface area contributed by atoms with Crippen LogP contribution >= 0.6 is 0 Å². The lowest BCUT2D eigenvalue weighted by Crippen LogP contribution is -2.49. The molecule has 2 N–H and O–H groups in total. The smallest absolute Gasteiger partial charge is 0.111 e. The van der Waals surface area contributed by atoms with Crippen molar-refractivity contribution in [3.05, 3.63) is 0 Å². The molecule has 0 saturated heterocycles. The molecule has 0 amide bonds. The third-order valence-electron chi connectivity index (χ3n) is 12.6. The molecule has 0 radical (unpaired) electrons. The van der Waals surface area contributed by atoms with E-state index in [1.807, 2.05) is 0 Å². The summed E-state index contributed by atoms with van der Waals surface area (Å²) in [5, 5.41) is 21.7. The molecule has 4 atom stereocenters. The van der Waals surface area contributed by atoms with Gasteiger partial charge in [-0.2, -0.15) is 0 Å². The SMILES string of the molecule is CCCCCCCCCCCCCCCCCCCCCCOC[C@@H](OC)[C@@H](O)[C@H](O)[C@@H](COCCCCCCCCCCCCCCCCCCCCCC)OC. The van der Waals surface area contributed by atoms with E-state index in [4.69, 9.17) is 18.9 Å². The van der Waals surface area contributed by atoms with E-state index in [1.54, 1.807) is 14.2 Å². The van der Waals surface area contributed by atoms with Gasteiger partial charge in [-0.1, -0.05) is 258 Å². The average molecular weight is 827 g/mol. The maximum Gasteiger partial charge on any atom is 0.111 e. The molecule has 0 heterocycles. The fourth-order valence-corrected chi connectivity index (χ4v) is 8.37. The van der Waals surface area contributed by atoms with Gasteiger partial charge in [0, 0.05) is 27.4 Å². The highest BCUT2D eigenvalue weighted by molar-refractivity contribution is 4.82. The van der Waals surface area contributed by atoms with Crippen LogP contribution in [0.2, 0.25) is 0 Å². The fraction of sp³-hybridized carbons (Fsp3) is 1.00. The van der Waals surface area contributed by atoms with Crippen molar-refractivity contribution in [2.45, 2.75) is 295 Å². The molecule has 0 aromatic heterocycles. The van der Waals surface area contributed by atoms with Crippen molar-refractivity contribution in [3.8, 4) is 0 Å². The van der Waals surface area contributed by atoms with Crippen LogP contribution < -0.4 is 0 Å². The van der Waals surface area contributed by atoms with E-state index in [2.05, 4.69) is 13.8 Å². The number of hydrogen-bond donors (Lipinski definition) is 2. The first-order valence-corrected chi connectivity index (χ1v) is 26.2. The van der Waals surface area contributed by atoms with E-state index in [0.717, 1.165) is 12.8 Å². The highest BCUT2D eigenvalue weighted by atomic mass is 16.5. The summed E-state index contributed by atoms with van der Waals surface area (Å²) >= 11 is 0. The molecule has 0 aromatic rings. The lowest BCUT2D eigenvalue weighted by atomic mass is 10.0. The largest absolute Gasteiger partial charge is 0.388 e. The van der Waals surface area contributed by atoms with Crippen molar-refractivity contribution in [2.24, 2.45) is 0 Å². The predicted octanol–water partition coefficient (Wildman–Crippen LogP) is 15.4. The summed E-state index contributed by atoms with van der Waals surface area (Å²) in [5.41, 5.74) is 0. The van der Waals surface area contributed by atoms with Crippen LogP contribution in [-0.4, -0.2) is 75.3 Å².